The predicted molar refractivity (Wildman–Crippen MR) is 81.1 cm³/mol. The molecule has 0 N–H and O–H groups in total. The van der Waals surface area contributed by atoms with Gasteiger partial charge >= 0.3 is 6.09 Å². The van der Waals surface area contributed by atoms with E-state index in [-0.39, 0.29) is 12.1 Å². The molecule has 1 unspecified atom stereocenters. The molecule has 5 heteroatoms. The molecule has 5 nitrogen and oxygen atoms in total. The highest BCUT2D eigenvalue weighted by Crippen LogP contribution is 2.29. The standard InChI is InChI=1S/C16H21N3O2/c1-11-9-18(15(20)21-16(2,3)4)10-13-8-12-6-5-7-17-14(12)19(11)13/h5-8,11H,9-10H2,1-4H3. The second-order valence-electron chi connectivity index (χ2n) is 6.63. The van der Waals surface area contributed by atoms with Crippen LogP contribution in [0.3, 0.4) is 0 Å². The molecule has 2 aromatic rings. The third-order valence-electron chi connectivity index (χ3n) is 3.61. The minimum absolute atomic E-state index is 0.189. The van der Waals surface area contributed by atoms with Crippen LogP contribution in [0.2, 0.25) is 0 Å². The molecule has 112 valence electrons. The molecule has 0 radical (unpaired) electrons. The summed E-state index contributed by atoms with van der Waals surface area (Å²) in [5.74, 6) is 0. The van der Waals surface area contributed by atoms with Gasteiger partial charge in [-0.2, -0.15) is 0 Å². The fraction of sp³-hybridized carbons (Fsp3) is 0.500. The predicted octanol–water partition coefficient (Wildman–Crippen LogP) is 3.35. The molecule has 1 amide bonds. The van der Waals surface area contributed by atoms with Gasteiger partial charge in [-0.15, -0.1) is 0 Å². The smallest absolute Gasteiger partial charge is 0.410 e. The van der Waals surface area contributed by atoms with Gasteiger partial charge in [0.1, 0.15) is 11.2 Å². The summed E-state index contributed by atoms with van der Waals surface area (Å²) < 4.78 is 7.70. The third-order valence-corrected chi connectivity index (χ3v) is 3.61. The largest absolute Gasteiger partial charge is 0.444 e. The summed E-state index contributed by atoms with van der Waals surface area (Å²) in [6, 6.07) is 6.28. The van der Waals surface area contributed by atoms with Crippen LogP contribution in [0, 0.1) is 0 Å². The number of carbonyl (C=O) groups excluding carboxylic acids is 1. The Bertz CT molecular complexity index is 684. The molecule has 0 bridgehead atoms. The second kappa shape index (κ2) is 4.76. The van der Waals surface area contributed by atoms with Crippen molar-refractivity contribution in [3.63, 3.8) is 0 Å². The molecule has 1 aliphatic rings. The van der Waals surface area contributed by atoms with E-state index in [9.17, 15) is 4.79 Å². The fourth-order valence-electron chi connectivity index (χ4n) is 2.85. The Labute approximate surface area is 124 Å². The Hall–Kier alpha value is -2.04. The Morgan fingerprint density at radius 3 is 2.90 bits per heavy atom. The first-order valence-electron chi connectivity index (χ1n) is 7.28. The highest BCUT2D eigenvalue weighted by atomic mass is 16.6. The van der Waals surface area contributed by atoms with Crippen molar-refractivity contribution < 1.29 is 9.53 Å². The molecule has 0 aromatic carbocycles. The lowest BCUT2D eigenvalue weighted by atomic mass is 10.2. The van der Waals surface area contributed by atoms with E-state index < -0.39 is 5.60 Å². The van der Waals surface area contributed by atoms with Gasteiger partial charge in [0.2, 0.25) is 0 Å². The van der Waals surface area contributed by atoms with E-state index in [4.69, 9.17) is 4.74 Å². The average Bonchev–Trinajstić information content (AvgIpc) is 2.75. The van der Waals surface area contributed by atoms with Gasteiger partial charge in [0.25, 0.3) is 0 Å². The topological polar surface area (TPSA) is 47.4 Å². The zero-order valence-corrected chi connectivity index (χ0v) is 13.0. The van der Waals surface area contributed by atoms with Crippen LogP contribution in [0.5, 0.6) is 0 Å². The lowest BCUT2D eigenvalue weighted by Gasteiger charge is -2.34. The van der Waals surface area contributed by atoms with E-state index in [0.29, 0.717) is 13.1 Å². The van der Waals surface area contributed by atoms with Gasteiger partial charge in [-0.25, -0.2) is 9.78 Å². The van der Waals surface area contributed by atoms with E-state index in [1.54, 1.807) is 4.90 Å². The van der Waals surface area contributed by atoms with Gasteiger partial charge in [-0.1, -0.05) is 0 Å². The minimum atomic E-state index is -0.466. The quantitative estimate of drug-likeness (QED) is 0.746. The maximum Gasteiger partial charge on any atom is 0.410 e. The maximum absolute atomic E-state index is 12.3. The lowest BCUT2D eigenvalue weighted by Crippen LogP contribution is -2.42. The number of hydrogen-bond donors (Lipinski definition) is 0. The van der Waals surface area contributed by atoms with E-state index in [1.807, 2.05) is 33.0 Å². The molecule has 3 heterocycles. The van der Waals surface area contributed by atoms with Gasteiger partial charge in [0.15, 0.2) is 0 Å². The van der Waals surface area contributed by atoms with Crippen LogP contribution in [0.15, 0.2) is 24.4 Å². The number of ether oxygens (including phenoxy) is 1. The van der Waals surface area contributed by atoms with E-state index in [1.165, 1.54) is 0 Å². The zero-order chi connectivity index (χ0) is 15.2. The van der Waals surface area contributed by atoms with Crippen LogP contribution in [-0.4, -0.2) is 32.7 Å². The van der Waals surface area contributed by atoms with Crippen molar-refractivity contribution in [1.29, 1.82) is 0 Å². The molecular formula is C16H21N3O2. The van der Waals surface area contributed by atoms with Crippen LogP contribution in [0.1, 0.15) is 39.4 Å². The first-order valence-corrected chi connectivity index (χ1v) is 7.28. The summed E-state index contributed by atoms with van der Waals surface area (Å²) >= 11 is 0. The normalized spacial score (nSPS) is 18.7. The molecule has 0 fully saturated rings. The van der Waals surface area contributed by atoms with Gasteiger partial charge in [-0.3, -0.25) is 0 Å². The molecular weight excluding hydrogens is 266 g/mol. The Kier molecular flexibility index (Phi) is 3.15. The monoisotopic (exact) mass is 287 g/mol. The number of rotatable bonds is 0. The van der Waals surface area contributed by atoms with Crippen molar-refractivity contribution in [2.24, 2.45) is 0 Å². The summed E-state index contributed by atoms with van der Waals surface area (Å²) in [6.45, 7) is 8.98. The Balaban J connectivity index is 1.91. The number of aromatic nitrogens is 2. The molecule has 2 aromatic heterocycles. The van der Waals surface area contributed by atoms with Gasteiger partial charge in [-0.05, 0) is 45.9 Å². The van der Waals surface area contributed by atoms with Crippen molar-refractivity contribution >= 4 is 17.1 Å². The van der Waals surface area contributed by atoms with Gasteiger partial charge < -0.3 is 14.2 Å². The molecule has 21 heavy (non-hydrogen) atoms. The Morgan fingerprint density at radius 2 is 2.19 bits per heavy atom. The van der Waals surface area contributed by atoms with Crippen LogP contribution in [0.4, 0.5) is 4.79 Å². The highest BCUT2D eigenvalue weighted by Gasteiger charge is 2.30. The molecule has 1 aliphatic heterocycles. The van der Waals surface area contributed by atoms with Crippen LogP contribution in [-0.2, 0) is 11.3 Å². The van der Waals surface area contributed by atoms with Crippen LogP contribution >= 0.6 is 0 Å². The number of amides is 1. The molecule has 3 rings (SSSR count). The van der Waals surface area contributed by atoms with Crippen LogP contribution in [0.25, 0.3) is 11.0 Å². The third kappa shape index (κ3) is 2.60. The second-order valence-corrected chi connectivity index (χ2v) is 6.63. The maximum atomic E-state index is 12.3. The van der Waals surface area contributed by atoms with E-state index >= 15 is 0 Å². The molecule has 0 aliphatic carbocycles. The van der Waals surface area contributed by atoms with Crippen molar-refractivity contribution in [3.05, 3.63) is 30.1 Å². The van der Waals surface area contributed by atoms with Gasteiger partial charge in [0, 0.05) is 23.8 Å². The van der Waals surface area contributed by atoms with Crippen LogP contribution < -0.4 is 0 Å². The molecule has 0 spiro atoms. The first-order chi connectivity index (χ1) is 9.85. The van der Waals surface area contributed by atoms with Crippen molar-refractivity contribution in [2.45, 2.75) is 45.9 Å². The summed E-state index contributed by atoms with van der Waals surface area (Å²) in [7, 11) is 0. The highest BCUT2D eigenvalue weighted by molar-refractivity contribution is 5.78. The summed E-state index contributed by atoms with van der Waals surface area (Å²) in [5.41, 5.74) is 1.63. The number of pyridine rings is 1. The average molecular weight is 287 g/mol. The molecule has 1 atom stereocenters. The fourth-order valence-corrected chi connectivity index (χ4v) is 2.85. The zero-order valence-electron chi connectivity index (χ0n) is 13.0. The van der Waals surface area contributed by atoms with Crippen molar-refractivity contribution in [2.75, 3.05) is 6.54 Å². The first kappa shape index (κ1) is 13.9. The number of nitrogens with zero attached hydrogens (tertiary/aromatic N) is 3. The van der Waals surface area contributed by atoms with Gasteiger partial charge in [0.05, 0.1) is 12.6 Å². The SMILES string of the molecule is CC1CN(C(=O)OC(C)(C)C)Cc2cc3cccnc3n21. The van der Waals surface area contributed by atoms with Crippen molar-refractivity contribution in [1.82, 2.24) is 14.5 Å². The summed E-state index contributed by atoms with van der Waals surface area (Å²) in [5, 5.41) is 1.12. The summed E-state index contributed by atoms with van der Waals surface area (Å²) in [6.07, 6.45) is 1.56. The number of fused-ring (bicyclic) bond motifs is 3. The van der Waals surface area contributed by atoms with Crippen molar-refractivity contribution in [3.8, 4) is 0 Å². The van der Waals surface area contributed by atoms with E-state index in [2.05, 4.69) is 28.6 Å². The Morgan fingerprint density at radius 1 is 1.43 bits per heavy atom. The molecule has 0 saturated heterocycles. The van der Waals surface area contributed by atoms with E-state index in [0.717, 1.165) is 16.7 Å². The number of hydrogen-bond acceptors (Lipinski definition) is 3. The lowest BCUT2D eigenvalue weighted by molar-refractivity contribution is 0.0175. The minimum Gasteiger partial charge on any atom is -0.444 e. The number of carbonyl (C=O) groups is 1. The summed E-state index contributed by atoms with van der Waals surface area (Å²) in [4.78, 5) is 18.5. The molecule has 0 saturated carbocycles.